The molecule has 0 radical (unpaired) electrons. The van der Waals surface area contributed by atoms with Crippen molar-refractivity contribution in [1.29, 1.82) is 0 Å². The quantitative estimate of drug-likeness (QED) is 0.372. The molecule has 0 unspecified atom stereocenters. The molecule has 1 rings (SSSR count). The molecule has 3 nitrogen and oxygen atoms in total. The van der Waals surface area contributed by atoms with Crippen molar-refractivity contribution in [3.05, 3.63) is 35.1 Å². The summed E-state index contributed by atoms with van der Waals surface area (Å²) in [7, 11) is 1.02. The van der Waals surface area contributed by atoms with Gasteiger partial charge >= 0.3 is 0 Å². The fourth-order valence-corrected chi connectivity index (χ4v) is 3.07. The molecule has 20 heavy (non-hydrogen) atoms. The Balaban J connectivity index is 2.64. The van der Waals surface area contributed by atoms with Crippen LogP contribution in [0.2, 0.25) is 0 Å². The Morgan fingerprint density at radius 1 is 1.35 bits per heavy atom. The molecule has 1 aromatic carbocycles. The van der Waals surface area contributed by atoms with E-state index in [2.05, 4.69) is 22.5 Å². The molecule has 0 heterocycles. The number of hydrogen-bond acceptors (Lipinski definition) is 3. The van der Waals surface area contributed by atoms with Gasteiger partial charge in [-0.25, -0.2) is 12.8 Å². The van der Waals surface area contributed by atoms with Crippen LogP contribution < -0.4 is 4.74 Å². The lowest BCUT2D eigenvalue weighted by Gasteiger charge is -2.09. The molecule has 0 aliphatic heterocycles. The average molecular weight is 386 g/mol. The van der Waals surface area contributed by atoms with Crippen LogP contribution >= 0.6 is 26.6 Å². The summed E-state index contributed by atoms with van der Waals surface area (Å²) in [6.07, 6.45) is 5.67. The Bertz CT molecular complexity index is 575. The standard InChI is InChI=1S/C13H15BrClFO3S/c1-2-3-4-5-6-7-19-12-9-11(16)13(8-10(12)14)20(15,17)18/h2,8-9H,1,3-7H2. The number of ether oxygens (including phenoxy) is 1. The number of rotatable bonds is 8. The van der Waals surface area contributed by atoms with Gasteiger partial charge in [-0.2, -0.15) is 0 Å². The maximum absolute atomic E-state index is 13.6. The lowest BCUT2D eigenvalue weighted by atomic mass is 10.2. The van der Waals surface area contributed by atoms with Gasteiger partial charge in [-0.1, -0.05) is 6.08 Å². The maximum atomic E-state index is 13.6. The highest BCUT2D eigenvalue weighted by molar-refractivity contribution is 9.10. The normalized spacial score (nSPS) is 11.3. The predicted molar refractivity (Wildman–Crippen MR) is 81.3 cm³/mol. The third kappa shape index (κ3) is 5.42. The second-order valence-corrected chi connectivity index (χ2v) is 7.53. The number of halogens is 3. The zero-order chi connectivity index (χ0) is 15.2. The monoisotopic (exact) mass is 384 g/mol. The first-order chi connectivity index (χ1) is 9.36. The topological polar surface area (TPSA) is 43.4 Å². The molecule has 7 heteroatoms. The summed E-state index contributed by atoms with van der Waals surface area (Å²) in [6.45, 7) is 4.07. The third-order valence-electron chi connectivity index (χ3n) is 2.56. The van der Waals surface area contributed by atoms with Crippen molar-refractivity contribution < 1.29 is 17.5 Å². The fourth-order valence-electron chi connectivity index (χ4n) is 1.56. The second kappa shape index (κ2) is 8.00. The van der Waals surface area contributed by atoms with E-state index in [-0.39, 0.29) is 5.75 Å². The van der Waals surface area contributed by atoms with E-state index in [0.29, 0.717) is 11.1 Å². The SMILES string of the molecule is C=CCCCCCOc1cc(F)c(S(=O)(=O)Cl)cc1Br. The molecular weight excluding hydrogens is 371 g/mol. The maximum Gasteiger partial charge on any atom is 0.264 e. The molecule has 0 aliphatic rings. The molecule has 0 atom stereocenters. The Labute approximate surface area is 131 Å². The number of hydrogen-bond donors (Lipinski definition) is 0. The van der Waals surface area contributed by atoms with Gasteiger partial charge in [0.05, 0.1) is 11.1 Å². The lowest BCUT2D eigenvalue weighted by Crippen LogP contribution is -2.01. The van der Waals surface area contributed by atoms with E-state index in [0.717, 1.165) is 37.8 Å². The van der Waals surface area contributed by atoms with Crippen LogP contribution in [0.4, 0.5) is 4.39 Å². The third-order valence-corrected chi connectivity index (χ3v) is 4.52. The van der Waals surface area contributed by atoms with Crippen molar-refractivity contribution in [3.63, 3.8) is 0 Å². The Morgan fingerprint density at radius 3 is 2.65 bits per heavy atom. The van der Waals surface area contributed by atoms with Crippen molar-refractivity contribution in [1.82, 2.24) is 0 Å². The van der Waals surface area contributed by atoms with E-state index >= 15 is 0 Å². The van der Waals surface area contributed by atoms with E-state index in [9.17, 15) is 12.8 Å². The van der Waals surface area contributed by atoms with Crippen LogP contribution in [0, 0.1) is 5.82 Å². The fraction of sp³-hybridized carbons (Fsp3) is 0.385. The average Bonchev–Trinajstić information content (AvgIpc) is 2.35. The molecule has 0 aliphatic carbocycles. The number of benzene rings is 1. The molecular formula is C13H15BrClFO3S. The van der Waals surface area contributed by atoms with E-state index < -0.39 is 19.8 Å². The molecule has 0 N–H and O–H groups in total. The van der Waals surface area contributed by atoms with E-state index in [1.165, 1.54) is 0 Å². The first kappa shape index (κ1) is 17.5. The highest BCUT2D eigenvalue weighted by Crippen LogP contribution is 2.31. The molecule has 0 saturated heterocycles. The summed E-state index contributed by atoms with van der Waals surface area (Å²) in [5.74, 6) is -0.667. The van der Waals surface area contributed by atoms with Crippen molar-refractivity contribution in [2.45, 2.75) is 30.6 Å². The molecule has 0 aromatic heterocycles. The first-order valence-electron chi connectivity index (χ1n) is 6.03. The van der Waals surface area contributed by atoms with Crippen LogP contribution in [0.5, 0.6) is 5.75 Å². The number of allylic oxidation sites excluding steroid dienone is 1. The van der Waals surface area contributed by atoms with Crippen molar-refractivity contribution in [2.24, 2.45) is 0 Å². The lowest BCUT2D eigenvalue weighted by molar-refractivity contribution is 0.301. The van der Waals surface area contributed by atoms with Crippen LogP contribution in [-0.2, 0) is 9.05 Å². The zero-order valence-electron chi connectivity index (χ0n) is 10.7. The molecule has 0 fully saturated rings. The predicted octanol–water partition coefficient (Wildman–Crippen LogP) is 4.64. The summed E-state index contributed by atoms with van der Waals surface area (Å²) >= 11 is 3.14. The van der Waals surface area contributed by atoms with Crippen molar-refractivity contribution in [2.75, 3.05) is 6.61 Å². The second-order valence-electron chi connectivity index (χ2n) is 4.14. The minimum Gasteiger partial charge on any atom is -0.492 e. The summed E-state index contributed by atoms with van der Waals surface area (Å²) < 4.78 is 41.7. The highest BCUT2D eigenvalue weighted by Gasteiger charge is 2.19. The van der Waals surface area contributed by atoms with Gasteiger partial charge < -0.3 is 4.74 Å². The summed E-state index contributed by atoms with van der Waals surface area (Å²) in [4.78, 5) is -0.565. The van der Waals surface area contributed by atoms with E-state index in [1.807, 2.05) is 6.08 Å². The molecule has 112 valence electrons. The molecule has 0 saturated carbocycles. The van der Waals surface area contributed by atoms with Crippen molar-refractivity contribution in [3.8, 4) is 5.75 Å². The Hall–Kier alpha value is -0.590. The molecule has 0 spiro atoms. The van der Waals surface area contributed by atoms with Gasteiger partial charge in [-0.05, 0) is 47.7 Å². The molecule has 0 amide bonds. The summed E-state index contributed by atoms with van der Waals surface area (Å²) in [5.41, 5.74) is 0. The Morgan fingerprint density at radius 2 is 2.05 bits per heavy atom. The molecule has 0 bridgehead atoms. The van der Waals surface area contributed by atoms with Crippen LogP contribution in [0.15, 0.2) is 34.2 Å². The van der Waals surface area contributed by atoms with Gasteiger partial charge in [0.15, 0.2) is 0 Å². The van der Waals surface area contributed by atoms with Crippen LogP contribution in [-0.4, -0.2) is 15.0 Å². The van der Waals surface area contributed by atoms with Crippen LogP contribution in [0.1, 0.15) is 25.7 Å². The zero-order valence-corrected chi connectivity index (χ0v) is 13.9. The van der Waals surface area contributed by atoms with Crippen molar-refractivity contribution >= 4 is 35.7 Å². The van der Waals surface area contributed by atoms with Gasteiger partial charge in [0.25, 0.3) is 9.05 Å². The van der Waals surface area contributed by atoms with Gasteiger partial charge in [0, 0.05) is 16.7 Å². The van der Waals surface area contributed by atoms with Crippen LogP contribution in [0.3, 0.4) is 0 Å². The van der Waals surface area contributed by atoms with E-state index in [4.69, 9.17) is 15.4 Å². The van der Waals surface area contributed by atoms with E-state index in [1.54, 1.807) is 0 Å². The largest absolute Gasteiger partial charge is 0.492 e. The smallest absolute Gasteiger partial charge is 0.264 e. The Kier molecular flexibility index (Phi) is 6.99. The molecule has 1 aromatic rings. The van der Waals surface area contributed by atoms with Gasteiger partial charge in [0.2, 0.25) is 0 Å². The van der Waals surface area contributed by atoms with Crippen LogP contribution in [0.25, 0.3) is 0 Å². The highest BCUT2D eigenvalue weighted by atomic mass is 79.9. The first-order valence-corrected chi connectivity index (χ1v) is 9.14. The number of unbranched alkanes of at least 4 members (excludes halogenated alkanes) is 3. The summed E-state index contributed by atoms with van der Waals surface area (Å²) in [6, 6.07) is 2.12. The van der Waals surface area contributed by atoms with Gasteiger partial charge in [0.1, 0.15) is 16.5 Å². The summed E-state index contributed by atoms with van der Waals surface area (Å²) in [5, 5.41) is 0. The van der Waals surface area contributed by atoms with Gasteiger partial charge in [-0.3, -0.25) is 0 Å². The minimum absolute atomic E-state index is 0.260. The van der Waals surface area contributed by atoms with Gasteiger partial charge in [-0.15, -0.1) is 6.58 Å². The minimum atomic E-state index is -4.11.